The van der Waals surface area contributed by atoms with E-state index in [1.54, 1.807) is 0 Å². The molecule has 0 fully saturated rings. The van der Waals surface area contributed by atoms with Crippen LogP contribution in [0.15, 0.2) is 106 Å². The molecule has 0 spiro atoms. The van der Waals surface area contributed by atoms with E-state index in [4.69, 9.17) is 0 Å². The molecule has 0 atom stereocenters. The van der Waals surface area contributed by atoms with Crippen molar-refractivity contribution in [3.05, 3.63) is 162 Å². The van der Waals surface area contributed by atoms with Crippen molar-refractivity contribution in [2.45, 2.75) is 80.1 Å². The maximum atomic E-state index is 3.80. The highest BCUT2D eigenvalue weighted by molar-refractivity contribution is 9.10. The zero-order valence-electron chi connectivity index (χ0n) is 31.5. The smallest absolute Gasteiger partial charge is 0.0613 e. The summed E-state index contributed by atoms with van der Waals surface area (Å²) in [7, 11) is -2.98. The number of rotatable bonds is 4. The lowest BCUT2D eigenvalue weighted by Crippen LogP contribution is -2.77. The van der Waals surface area contributed by atoms with Crippen LogP contribution in [0.3, 0.4) is 0 Å². The van der Waals surface area contributed by atoms with Crippen LogP contribution in [0, 0.1) is 41.5 Å². The highest BCUT2D eigenvalue weighted by atomic mass is 79.9. The topological polar surface area (TPSA) is 0 Å². The van der Waals surface area contributed by atoms with Gasteiger partial charge in [-0.3, -0.25) is 0 Å². The number of aryl methyl sites for hydroxylation is 6. The van der Waals surface area contributed by atoms with Crippen LogP contribution in [0.25, 0.3) is 22.3 Å². The predicted molar refractivity (Wildman–Crippen MR) is 229 cm³/mol. The third-order valence-corrected chi connectivity index (χ3v) is 18.7. The summed E-state index contributed by atoms with van der Waals surface area (Å²) >= 11 is 7.59. The van der Waals surface area contributed by atoms with Crippen LogP contribution in [-0.4, -0.2) is 8.07 Å². The Morgan fingerprint density at radius 1 is 0.392 bits per heavy atom. The third kappa shape index (κ3) is 4.94. The Kier molecular flexibility index (Phi) is 7.97. The summed E-state index contributed by atoms with van der Waals surface area (Å²) in [5.74, 6) is 0. The predicted octanol–water partition coefficient (Wildman–Crippen LogP) is 11.1. The summed E-state index contributed by atoms with van der Waals surface area (Å²) in [6.07, 6.45) is 0. The van der Waals surface area contributed by atoms with Gasteiger partial charge in [-0.25, -0.2) is 0 Å². The molecular weight excluding hydrogens is 764 g/mol. The van der Waals surface area contributed by atoms with E-state index in [1.807, 2.05) is 0 Å². The molecule has 51 heavy (non-hydrogen) atoms. The fourth-order valence-electron chi connectivity index (χ4n) is 10.3. The van der Waals surface area contributed by atoms with E-state index in [0.29, 0.717) is 0 Å². The molecule has 0 aliphatic heterocycles. The maximum Gasteiger partial charge on any atom is 0.180 e. The van der Waals surface area contributed by atoms with E-state index < -0.39 is 8.07 Å². The molecule has 0 bridgehead atoms. The average Bonchev–Trinajstić information content (AvgIpc) is 3.41. The first-order valence-corrected chi connectivity index (χ1v) is 21.7. The standard InChI is InChI=1S/C48H46Br2Si/c1-27-19-29(3)45(30(4)20-27)51(46-31(5)21-28(2)22-32(46)6,35-13-17-39-37-15-11-33(49)23-41(37)47(7,8)43(39)25-35)36-14-18-40-38-16-12-34(50)24-42(38)48(9,10)44(40)26-36/h11-26H,1-10H3. The molecule has 0 nitrogen and oxygen atoms in total. The summed E-state index contributed by atoms with van der Waals surface area (Å²) in [5, 5.41) is 5.97. The first kappa shape index (κ1) is 34.6. The Bertz CT molecular complexity index is 2240. The first-order valence-electron chi connectivity index (χ1n) is 18.1. The molecule has 0 heterocycles. The van der Waals surface area contributed by atoms with E-state index in [2.05, 4.69) is 198 Å². The van der Waals surface area contributed by atoms with E-state index in [1.165, 1.54) is 98.6 Å². The summed E-state index contributed by atoms with van der Waals surface area (Å²) in [6.45, 7) is 23.6. The number of fused-ring (bicyclic) bond motifs is 6. The van der Waals surface area contributed by atoms with Crippen molar-refractivity contribution in [1.82, 2.24) is 0 Å². The van der Waals surface area contributed by atoms with Gasteiger partial charge in [-0.05, 0) is 131 Å². The minimum atomic E-state index is -2.98. The molecule has 0 saturated carbocycles. The Balaban J connectivity index is 1.54. The van der Waals surface area contributed by atoms with Gasteiger partial charge in [0.05, 0.1) is 0 Å². The summed E-state index contributed by atoms with van der Waals surface area (Å²) < 4.78 is 2.27. The summed E-state index contributed by atoms with van der Waals surface area (Å²) in [4.78, 5) is 0. The van der Waals surface area contributed by atoms with Gasteiger partial charge in [-0.1, -0.05) is 166 Å². The van der Waals surface area contributed by atoms with Crippen molar-refractivity contribution in [1.29, 1.82) is 0 Å². The molecule has 0 unspecified atom stereocenters. The van der Waals surface area contributed by atoms with Crippen LogP contribution in [0.1, 0.15) is 83.3 Å². The summed E-state index contributed by atoms with van der Waals surface area (Å²) in [5.41, 5.74) is 19.0. The Hall–Kier alpha value is -3.50. The largest absolute Gasteiger partial charge is 0.180 e. The van der Waals surface area contributed by atoms with Crippen LogP contribution in [0.2, 0.25) is 0 Å². The quantitative estimate of drug-likeness (QED) is 0.123. The van der Waals surface area contributed by atoms with Crippen molar-refractivity contribution in [2.24, 2.45) is 0 Å². The summed E-state index contributed by atoms with van der Waals surface area (Å²) in [6, 6.07) is 38.6. The molecule has 6 aromatic rings. The van der Waals surface area contributed by atoms with Crippen LogP contribution >= 0.6 is 31.9 Å². The number of hydrogen-bond donors (Lipinski definition) is 0. The molecule has 0 saturated heterocycles. The second-order valence-corrected chi connectivity index (χ2v) is 21.9. The Morgan fingerprint density at radius 3 is 1.02 bits per heavy atom. The van der Waals surface area contributed by atoms with Gasteiger partial charge in [0.2, 0.25) is 0 Å². The molecular formula is C48H46Br2Si. The molecule has 2 aliphatic rings. The average molecular weight is 811 g/mol. The van der Waals surface area contributed by atoms with Crippen molar-refractivity contribution in [3.8, 4) is 22.3 Å². The van der Waals surface area contributed by atoms with Gasteiger partial charge in [-0.2, -0.15) is 0 Å². The molecule has 6 aromatic carbocycles. The SMILES string of the molecule is Cc1cc(C)c([Si](c2ccc3c(c2)C(C)(C)c2cc(Br)ccc2-3)(c2ccc3c(c2)C(C)(C)c2cc(Br)ccc2-3)c2c(C)cc(C)cc2C)c(C)c1. The van der Waals surface area contributed by atoms with Gasteiger partial charge in [0, 0.05) is 19.8 Å². The molecule has 0 N–H and O–H groups in total. The molecule has 0 radical (unpaired) electrons. The van der Waals surface area contributed by atoms with Crippen molar-refractivity contribution >= 4 is 60.7 Å². The molecule has 256 valence electrons. The molecule has 0 amide bonds. The van der Waals surface area contributed by atoms with Crippen LogP contribution < -0.4 is 20.7 Å². The fourth-order valence-corrected chi connectivity index (χ4v) is 16.8. The lowest BCUT2D eigenvalue weighted by molar-refractivity contribution is 0.660. The van der Waals surface area contributed by atoms with Gasteiger partial charge >= 0.3 is 0 Å². The zero-order valence-corrected chi connectivity index (χ0v) is 35.7. The van der Waals surface area contributed by atoms with Gasteiger partial charge in [0.15, 0.2) is 8.07 Å². The van der Waals surface area contributed by atoms with Crippen LogP contribution in [0.4, 0.5) is 0 Å². The van der Waals surface area contributed by atoms with Gasteiger partial charge in [0.1, 0.15) is 0 Å². The molecule has 2 aliphatic carbocycles. The lowest BCUT2D eigenvalue weighted by Gasteiger charge is -2.40. The molecule has 8 rings (SSSR count). The molecule has 3 heteroatoms. The second-order valence-electron chi connectivity index (χ2n) is 16.4. The number of halogens is 2. The lowest BCUT2D eigenvalue weighted by atomic mass is 9.82. The number of benzene rings is 6. The number of hydrogen-bond acceptors (Lipinski definition) is 0. The highest BCUT2D eigenvalue weighted by Crippen LogP contribution is 2.50. The van der Waals surface area contributed by atoms with E-state index in [9.17, 15) is 0 Å². The minimum Gasteiger partial charge on any atom is -0.0613 e. The minimum absolute atomic E-state index is 0.131. The molecule has 0 aromatic heterocycles. The normalized spacial score (nSPS) is 15.0. The Labute approximate surface area is 322 Å². The van der Waals surface area contributed by atoms with Gasteiger partial charge in [-0.15, -0.1) is 0 Å². The van der Waals surface area contributed by atoms with Crippen molar-refractivity contribution in [2.75, 3.05) is 0 Å². The fraction of sp³-hybridized carbons (Fsp3) is 0.250. The van der Waals surface area contributed by atoms with Crippen molar-refractivity contribution < 1.29 is 0 Å². The monoisotopic (exact) mass is 808 g/mol. The zero-order chi connectivity index (χ0) is 36.4. The Morgan fingerprint density at radius 2 is 0.686 bits per heavy atom. The van der Waals surface area contributed by atoms with Crippen LogP contribution in [0.5, 0.6) is 0 Å². The van der Waals surface area contributed by atoms with Crippen LogP contribution in [-0.2, 0) is 10.8 Å². The highest BCUT2D eigenvalue weighted by Gasteiger charge is 2.48. The third-order valence-electron chi connectivity index (χ3n) is 12.2. The van der Waals surface area contributed by atoms with E-state index in [-0.39, 0.29) is 10.8 Å². The second kappa shape index (κ2) is 11.8. The van der Waals surface area contributed by atoms with E-state index >= 15 is 0 Å². The first-order chi connectivity index (χ1) is 24.1. The maximum absolute atomic E-state index is 3.80. The van der Waals surface area contributed by atoms with Crippen molar-refractivity contribution in [3.63, 3.8) is 0 Å². The van der Waals surface area contributed by atoms with Gasteiger partial charge in [0.25, 0.3) is 0 Å². The van der Waals surface area contributed by atoms with E-state index in [0.717, 1.165) is 8.95 Å². The van der Waals surface area contributed by atoms with Gasteiger partial charge < -0.3 is 0 Å².